The van der Waals surface area contributed by atoms with Gasteiger partial charge in [-0.1, -0.05) is 45.0 Å². The van der Waals surface area contributed by atoms with Gasteiger partial charge in [0, 0.05) is 41.3 Å². The van der Waals surface area contributed by atoms with Crippen LogP contribution in [0.2, 0.25) is 0 Å². The van der Waals surface area contributed by atoms with E-state index in [2.05, 4.69) is 10.6 Å². The summed E-state index contributed by atoms with van der Waals surface area (Å²) in [5, 5.41) is 6.69. The van der Waals surface area contributed by atoms with Gasteiger partial charge in [0.1, 0.15) is 23.6 Å². The van der Waals surface area contributed by atoms with Crippen molar-refractivity contribution < 1.29 is 18.4 Å². The van der Waals surface area contributed by atoms with E-state index in [0.29, 0.717) is 23.3 Å². The summed E-state index contributed by atoms with van der Waals surface area (Å²) in [7, 11) is 1.80. The van der Waals surface area contributed by atoms with Crippen molar-refractivity contribution in [3.05, 3.63) is 95.7 Å². The van der Waals surface area contributed by atoms with Gasteiger partial charge in [0.2, 0.25) is 0 Å². The second kappa shape index (κ2) is 11.6. The topological polar surface area (TPSA) is 63.1 Å². The third-order valence-corrected chi connectivity index (χ3v) is 5.53. The number of carbonyl (C=O) groups is 2. The van der Waals surface area contributed by atoms with Crippen molar-refractivity contribution in [1.82, 2.24) is 4.57 Å². The van der Waals surface area contributed by atoms with Gasteiger partial charge in [0.25, 0.3) is 5.91 Å². The molecule has 2 N–H and O–H groups in total. The van der Waals surface area contributed by atoms with E-state index < -0.39 is 11.6 Å². The van der Waals surface area contributed by atoms with Gasteiger partial charge in [-0.2, -0.15) is 0 Å². The Morgan fingerprint density at radius 2 is 1.58 bits per heavy atom. The number of aldehydes is 1. The van der Waals surface area contributed by atoms with Crippen molar-refractivity contribution in [2.75, 3.05) is 17.7 Å². The van der Waals surface area contributed by atoms with Gasteiger partial charge in [-0.3, -0.25) is 4.79 Å². The maximum Gasteiger partial charge on any atom is 0.272 e. The molecule has 0 atom stereocenters. The predicted octanol–water partition coefficient (Wildman–Crippen LogP) is 6.88. The Morgan fingerprint density at radius 3 is 2.14 bits per heavy atom. The molecule has 1 heterocycles. The summed E-state index contributed by atoms with van der Waals surface area (Å²) in [6, 6.07) is 20.1. The van der Waals surface area contributed by atoms with Gasteiger partial charge in [-0.25, -0.2) is 8.78 Å². The van der Waals surface area contributed by atoms with Crippen LogP contribution >= 0.6 is 0 Å². The minimum Gasteiger partial charge on any atom is -0.388 e. The zero-order valence-corrected chi connectivity index (χ0v) is 20.9. The number of nitrogens with zero attached hydrogens (tertiary/aromatic N) is 1. The van der Waals surface area contributed by atoms with E-state index in [1.54, 1.807) is 29.8 Å². The maximum absolute atomic E-state index is 14.3. The smallest absolute Gasteiger partial charge is 0.272 e. The molecule has 4 rings (SSSR count). The summed E-state index contributed by atoms with van der Waals surface area (Å²) in [4.78, 5) is 22.8. The molecule has 0 aliphatic rings. The second-order valence-corrected chi connectivity index (χ2v) is 9.59. The molecule has 0 bridgehead atoms. The first-order valence-electron chi connectivity index (χ1n) is 11.7. The van der Waals surface area contributed by atoms with Gasteiger partial charge < -0.3 is 20.0 Å². The largest absolute Gasteiger partial charge is 0.388 e. The molecule has 5 nitrogen and oxygen atoms in total. The van der Waals surface area contributed by atoms with Crippen LogP contribution in [0.15, 0.2) is 72.8 Å². The lowest BCUT2D eigenvalue weighted by Crippen LogP contribution is -2.18. The number of hydrogen-bond donors (Lipinski definition) is 2. The highest BCUT2D eigenvalue weighted by Gasteiger charge is 2.19. The first-order valence-corrected chi connectivity index (χ1v) is 11.7. The minimum absolute atomic E-state index is 0.0866. The molecule has 0 unspecified atom stereocenters. The Kier molecular flexibility index (Phi) is 8.59. The molecule has 36 heavy (non-hydrogen) atoms. The highest BCUT2D eigenvalue weighted by Crippen LogP contribution is 2.26. The maximum atomic E-state index is 14.3. The zero-order chi connectivity index (χ0) is 26.3. The van der Waals surface area contributed by atoms with E-state index in [9.17, 15) is 18.4 Å². The molecule has 1 aromatic heterocycles. The van der Waals surface area contributed by atoms with Crippen LogP contribution in [-0.4, -0.2) is 23.8 Å². The van der Waals surface area contributed by atoms with E-state index in [1.807, 2.05) is 57.2 Å². The summed E-state index contributed by atoms with van der Waals surface area (Å²) in [5.74, 6) is -1.64. The van der Waals surface area contributed by atoms with Crippen LogP contribution in [0, 0.1) is 17.0 Å². The van der Waals surface area contributed by atoms with E-state index in [0.717, 1.165) is 17.4 Å². The average Bonchev–Trinajstić information content (AvgIpc) is 3.19. The Labute approximate surface area is 210 Å². The summed E-state index contributed by atoms with van der Waals surface area (Å²) < 4.78 is 30.2. The van der Waals surface area contributed by atoms with Gasteiger partial charge in [0.05, 0.1) is 6.54 Å². The number of fused-ring (bicyclic) bond motifs is 1. The number of nitrogens with one attached hydrogen (secondary N) is 2. The quantitative estimate of drug-likeness (QED) is 0.289. The number of hydrogen-bond acceptors (Lipinski definition) is 3. The van der Waals surface area contributed by atoms with Crippen molar-refractivity contribution in [1.29, 1.82) is 0 Å². The van der Waals surface area contributed by atoms with Crippen molar-refractivity contribution >= 4 is 34.5 Å². The van der Waals surface area contributed by atoms with E-state index in [4.69, 9.17) is 0 Å². The highest BCUT2D eigenvalue weighted by molar-refractivity contribution is 6.06. The summed E-state index contributed by atoms with van der Waals surface area (Å²) in [5.41, 5.74) is 2.65. The van der Waals surface area contributed by atoms with Gasteiger partial charge in [0.15, 0.2) is 0 Å². The number of benzene rings is 3. The van der Waals surface area contributed by atoms with Crippen LogP contribution in [-0.2, 0) is 11.3 Å². The molecule has 0 saturated carbocycles. The molecule has 0 saturated heterocycles. The molecule has 3 aromatic carbocycles. The third kappa shape index (κ3) is 6.78. The van der Waals surface area contributed by atoms with Gasteiger partial charge in [-0.05, 0) is 53.9 Å². The average molecular weight is 492 g/mol. The number of aromatic nitrogens is 1. The fourth-order valence-electron chi connectivity index (χ4n) is 3.59. The molecule has 4 aromatic rings. The SMILES string of the molecule is CC(C)(C)CC=O.CNc1ccc2c(c1)cc(C(=O)Nc1ccccc1)n2Cc1c(F)cccc1F. The van der Waals surface area contributed by atoms with Gasteiger partial charge >= 0.3 is 0 Å². The third-order valence-electron chi connectivity index (χ3n) is 5.53. The first-order chi connectivity index (χ1) is 17.1. The fourth-order valence-corrected chi connectivity index (χ4v) is 3.59. The first kappa shape index (κ1) is 26.6. The van der Waals surface area contributed by atoms with E-state index in [1.165, 1.54) is 18.2 Å². The number of rotatable bonds is 6. The minimum atomic E-state index is -0.645. The van der Waals surface area contributed by atoms with Crippen LogP contribution < -0.4 is 10.6 Å². The molecule has 7 heteroatoms. The van der Waals surface area contributed by atoms with Crippen molar-refractivity contribution in [3.63, 3.8) is 0 Å². The number of anilines is 2. The van der Waals surface area contributed by atoms with Gasteiger partial charge in [-0.15, -0.1) is 0 Å². The predicted molar refractivity (Wildman–Crippen MR) is 141 cm³/mol. The Bertz CT molecular complexity index is 1320. The molecule has 1 amide bonds. The monoisotopic (exact) mass is 491 g/mol. The van der Waals surface area contributed by atoms with Crippen LogP contribution in [0.1, 0.15) is 43.2 Å². The summed E-state index contributed by atoms with van der Waals surface area (Å²) >= 11 is 0. The van der Waals surface area contributed by atoms with Crippen molar-refractivity contribution in [3.8, 4) is 0 Å². The molecular weight excluding hydrogens is 460 g/mol. The van der Waals surface area contributed by atoms with E-state index >= 15 is 0 Å². The molecular formula is C29H31F2N3O2. The Morgan fingerprint density at radius 1 is 0.917 bits per heavy atom. The van der Waals surface area contributed by atoms with Crippen LogP contribution in [0.5, 0.6) is 0 Å². The van der Waals surface area contributed by atoms with Crippen LogP contribution in [0.25, 0.3) is 10.9 Å². The number of para-hydroxylation sites is 1. The Hall–Kier alpha value is -4.00. The Balaban J connectivity index is 0.000000454. The molecule has 0 spiro atoms. The number of halogens is 2. The molecule has 0 fully saturated rings. The molecule has 0 radical (unpaired) electrons. The number of carbonyl (C=O) groups excluding carboxylic acids is 2. The zero-order valence-electron chi connectivity index (χ0n) is 20.9. The molecule has 188 valence electrons. The van der Waals surface area contributed by atoms with Crippen molar-refractivity contribution in [2.45, 2.75) is 33.7 Å². The molecule has 0 aliphatic heterocycles. The number of amides is 1. The lowest BCUT2D eigenvalue weighted by atomic mass is 9.93. The lowest BCUT2D eigenvalue weighted by molar-refractivity contribution is -0.109. The normalized spacial score (nSPS) is 10.9. The summed E-state index contributed by atoms with van der Waals surface area (Å²) in [6.45, 7) is 6.03. The van der Waals surface area contributed by atoms with E-state index in [-0.39, 0.29) is 23.4 Å². The second-order valence-electron chi connectivity index (χ2n) is 9.59. The lowest BCUT2D eigenvalue weighted by Gasteiger charge is -2.13. The van der Waals surface area contributed by atoms with Crippen molar-refractivity contribution in [2.24, 2.45) is 5.41 Å². The standard InChI is InChI=1S/C23H19F2N3O.C6H12O/c1-26-17-10-11-21-15(12-17)13-22(23(29)27-16-6-3-2-4-7-16)28(21)14-18-19(24)8-5-9-20(18)25;1-6(2,3)4-5-7/h2-13,26H,14H2,1H3,(H,27,29);5H,4H2,1-3H3. The summed E-state index contributed by atoms with van der Waals surface area (Å²) in [6.07, 6.45) is 1.62. The fraction of sp³-hybridized carbons (Fsp3) is 0.241. The highest BCUT2D eigenvalue weighted by atomic mass is 19.1. The molecule has 0 aliphatic carbocycles. The van der Waals surface area contributed by atoms with Crippen LogP contribution in [0.3, 0.4) is 0 Å². The van der Waals surface area contributed by atoms with Crippen LogP contribution in [0.4, 0.5) is 20.2 Å².